The van der Waals surface area contributed by atoms with E-state index in [-0.39, 0.29) is 25.9 Å². The molecule has 0 saturated carbocycles. The Morgan fingerprint density at radius 3 is 2.26 bits per heavy atom. The van der Waals surface area contributed by atoms with Crippen molar-refractivity contribution in [2.45, 2.75) is 6.42 Å². The molecule has 0 aromatic heterocycles. The smallest absolute Gasteiger partial charge is 0.231 e. The van der Waals surface area contributed by atoms with Gasteiger partial charge in [-0.15, -0.1) is 0 Å². The van der Waals surface area contributed by atoms with Crippen LogP contribution >= 0.6 is 0 Å². The van der Waals surface area contributed by atoms with Gasteiger partial charge in [0.2, 0.25) is 19.5 Å². The second-order valence-corrected chi connectivity index (χ2v) is 5.35. The van der Waals surface area contributed by atoms with Crippen LogP contribution in [0.5, 0.6) is 23.0 Å². The number of nitrogens with zero attached hydrogens (tertiary/aromatic N) is 1. The van der Waals surface area contributed by atoms with Gasteiger partial charge >= 0.3 is 0 Å². The summed E-state index contributed by atoms with van der Waals surface area (Å²) < 4.78 is 21.2. The van der Waals surface area contributed by atoms with Gasteiger partial charge in [0.25, 0.3) is 0 Å². The van der Waals surface area contributed by atoms with E-state index in [2.05, 4.69) is 0 Å². The first kappa shape index (κ1) is 13.8. The Morgan fingerprint density at radius 2 is 1.52 bits per heavy atom. The van der Waals surface area contributed by atoms with E-state index in [4.69, 9.17) is 18.9 Å². The molecule has 2 aromatic carbocycles. The Labute approximate surface area is 133 Å². The Balaban J connectivity index is 1.50. The number of rotatable bonds is 3. The van der Waals surface area contributed by atoms with Gasteiger partial charge in [-0.05, 0) is 29.8 Å². The standard InChI is InChI=1S/C17H15NO5/c1-18(12-3-5-14-16(8-12)23-10-21-14)17(19)7-11-2-4-13-15(6-11)22-9-20-13/h2-6,8H,7,9-10H2,1H3. The first-order valence-electron chi connectivity index (χ1n) is 7.25. The van der Waals surface area contributed by atoms with Crippen molar-refractivity contribution in [2.75, 3.05) is 25.5 Å². The minimum atomic E-state index is -0.0252. The number of amides is 1. The quantitative estimate of drug-likeness (QED) is 0.870. The molecule has 0 saturated heterocycles. The first-order chi connectivity index (χ1) is 11.2. The molecule has 4 rings (SSSR count). The Hall–Kier alpha value is -2.89. The molecule has 0 unspecified atom stereocenters. The topological polar surface area (TPSA) is 57.2 Å². The van der Waals surface area contributed by atoms with Crippen molar-refractivity contribution in [3.8, 4) is 23.0 Å². The van der Waals surface area contributed by atoms with E-state index in [0.29, 0.717) is 23.0 Å². The summed E-state index contributed by atoms with van der Waals surface area (Å²) in [6.45, 7) is 0.442. The monoisotopic (exact) mass is 313 g/mol. The van der Waals surface area contributed by atoms with Gasteiger partial charge in [-0.25, -0.2) is 0 Å². The van der Waals surface area contributed by atoms with E-state index < -0.39 is 0 Å². The summed E-state index contributed by atoms with van der Waals surface area (Å²) in [5.41, 5.74) is 1.65. The second-order valence-electron chi connectivity index (χ2n) is 5.35. The molecular formula is C17H15NO5. The molecule has 2 aliphatic rings. The van der Waals surface area contributed by atoms with E-state index in [1.54, 1.807) is 18.0 Å². The molecule has 0 aliphatic carbocycles. The number of carbonyl (C=O) groups is 1. The predicted molar refractivity (Wildman–Crippen MR) is 82.2 cm³/mol. The zero-order valence-corrected chi connectivity index (χ0v) is 12.6. The van der Waals surface area contributed by atoms with Crippen LogP contribution in [0, 0.1) is 0 Å². The molecule has 2 aromatic rings. The molecule has 0 N–H and O–H groups in total. The third-order valence-electron chi connectivity index (χ3n) is 3.91. The van der Waals surface area contributed by atoms with Crippen molar-refractivity contribution in [1.29, 1.82) is 0 Å². The normalized spacial score (nSPS) is 14.0. The molecule has 2 aliphatic heterocycles. The molecule has 0 spiro atoms. The van der Waals surface area contributed by atoms with Gasteiger partial charge in [-0.1, -0.05) is 6.07 Å². The number of likely N-dealkylation sites (N-methyl/N-ethyl adjacent to an activating group) is 1. The van der Waals surface area contributed by atoms with Crippen molar-refractivity contribution in [1.82, 2.24) is 0 Å². The fraction of sp³-hybridized carbons (Fsp3) is 0.235. The number of fused-ring (bicyclic) bond motifs is 2. The van der Waals surface area contributed by atoms with Crippen LogP contribution in [0.3, 0.4) is 0 Å². The largest absolute Gasteiger partial charge is 0.454 e. The maximum atomic E-state index is 12.5. The lowest BCUT2D eigenvalue weighted by Crippen LogP contribution is -2.27. The van der Waals surface area contributed by atoms with Crippen molar-refractivity contribution in [3.63, 3.8) is 0 Å². The molecule has 1 amide bonds. The van der Waals surface area contributed by atoms with Crippen molar-refractivity contribution in [3.05, 3.63) is 42.0 Å². The van der Waals surface area contributed by atoms with Crippen LogP contribution in [0.4, 0.5) is 5.69 Å². The van der Waals surface area contributed by atoms with Gasteiger partial charge in [0.1, 0.15) is 0 Å². The fourth-order valence-electron chi connectivity index (χ4n) is 2.58. The number of benzene rings is 2. The zero-order chi connectivity index (χ0) is 15.8. The molecule has 23 heavy (non-hydrogen) atoms. The molecule has 6 heteroatoms. The van der Waals surface area contributed by atoms with E-state index >= 15 is 0 Å². The van der Waals surface area contributed by atoms with Gasteiger partial charge < -0.3 is 23.8 Å². The van der Waals surface area contributed by atoms with Crippen LogP contribution in [-0.2, 0) is 11.2 Å². The zero-order valence-electron chi connectivity index (χ0n) is 12.6. The van der Waals surface area contributed by atoms with Crippen molar-refractivity contribution in [2.24, 2.45) is 0 Å². The molecule has 0 fully saturated rings. The summed E-state index contributed by atoms with van der Waals surface area (Å²) in [4.78, 5) is 14.1. The maximum Gasteiger partial charge on any atom is 0.231 e. The van der Waals surface area contributed by atoms with Crippen LogP contribution in [-0.4, -0.2) is 26.5 Å². The third kappa shape index (κ3) is 2.52. The molecular weight excluding hydrogens is 298 g/mol. The fourth-order valence-corrected chi connectivity index (χ4v) is 2.58. The lowest BCUT2D eigenvalue weighted by atomic mass is 10.1. The summed E-state index contributed by atoms with van der Waals surface area (Å²) in [7, 11) is 1.74. The highest BCUT2D eigenvalue weighted by Gasteiger charge is 2.19. The molecule has 0 atom stereocenters. The average Bonchev–Trinajstić information content (AvgIpc) is 3.21. The second kappa shape index (κ2) is 5.39. The maximum absolute atomic E-state index is 12.5. The molecule has 0 bridgehead atoms. The molecule has 6 nitrogen and oxygen atoms in total. The predicted octanol–water partition coefficient (Wildman–Crippen LogP) is 2.35. The van der Waals surface area contributed by atoms with E-state index in [1.165, 1.54) is 0 Å². The number of hydrogen-bond acceptors (Lipinski definition) is 5. The molecule has 0 radical (unpaired) electrons. The van der Waals surface area contributed by atoms with Crippen LogP contribution in [0.15, 0.2) is 36.4 Å². The third-order valence-corrected chi connectivity index (χ3v) is 3.91. The summed E-state index contributed by atoms with van der Waals surface area (Å²) in [5.74, 6) is 2.73. The Bertz CT molecular complexity index is 774. The first-order valence-corrected chi connectivity index (χ1v) is 7.25. The summed E-state index contributed by atoms with van der Waals surface area (Å²) >= 11 is 0. The lowest BCUT2D eigenvalue weighted by molar-refractivity contribution is -0.117. The number of ether oxygens (including phenoxy) is 4. The van der Waals surface area contributed by atoms with E-state index in [0.717, 1.165) is 11.3 Å². The van der Waals surface area contributed by atoms with Gasteiger partial charge in [0.15, 0.2) is 23.0 Å². The lowest BCUT2D eigenvalue weighted by Gasteiger charge is -2.18. The van der Waals surface area contributed by atoms with Gasteiger partial charge in [-0.3, -0.25) is 4.79 Å². The van der Waals surface area contributed by atoms with Gasteiger partial charge in [0.05, 0.1) is 6.42 Å². The highest BCUT2D eigenvalue weighted by Crippen LogP contribution is 2.36. The Morgan fingerprint density at radius 1 is 0.913 bits per heavy atom. The van der Waals surface area contributed by atoms with E-state index in [9.17, 15) is 4.79 Å². The van der Waals surface area contributed by atoms with Crippen molar-refractivity contribution >= 4 is 11.6 Å². The number of anilines is 1. The van der Waals surface area contributed by atoms with Gasteiger partial charge in [-0.2, -0.15) is 0 Å². The highest BCUT2D eigenvalue weighted by molar-refractivity contribution is 5.94. The summed E-state index contributed by atoms with van der Waals surface area (Å²) in [6.07, 6.45) is 0.279. The molecule has 2 heterocycles. The average molecular weight is 313 g/mol. The number of carbonyl (C=O) groups excluding carboxylic acids is 1. The highest BCUT2D eigenvalue weighted by atomic mass is 16.7. The van der Waals surface area contributed by atoms with Crippen LogP contribution in [0.25, 0.3) is 0 Å². The number of hydrogen-bond donors (Lipinski definition) is 0. The van der Waals surface area contributed by atoms with Crippen LogP contribution in [0.1, 0.15) is 5.56 Å². The minimum absolute atomic E-state index is 0.0252. The van der Waals surface area contributed by atoms with Gasteiger partial charge in [0, 0.05) is 18.8 Å². The SMILES string of the molecule is CN(C(=O)Cc1ccc2c(c1)OCO2)c1ccc2c(c1)OCO2. The minimum Gasteiger partial charge on any atom is -0.454 e. The van der Waals surface area contributed by atoms with Crippen molar-refractivity contribution < 1.29 is 23.7 Å². The van der Waals surface area contributed by atoms with Crippen LogP contribution in [0.2, 0.25) is 0 Å². The molecule has 118 valence electrons. The van der Waals surface area contributed by atoms with E-state index in [1.807, 2.05) is 30.3 Å². The summed E-state index contributed by atoms with van der Waals surface area (Å²) in [5, 5.41) is 0. The Kier molecular flexibility index (Phi) is 3.22. The van der Waals surface area contributed by atoms with Crippen LogP contribution < -0.4 is 23.8 Å². The summed E-state index contributed by atoms with van der Waals surface area (Å²) in [6, 6.07) is 11.0.